The molecule has 8 heteroatoms. The number of fused-ring (bicyclic) bond motifs is 1. The van der Waals surface area contributed by atoms with Gasteiger partial charge in [-0.15, -0.1) is 0 Å². The van der Waals surface area contributed by atoms with Crippen molar-refractivity contribution in [1.29, 1.82) is 0 Å². The Balaban J connectivity index is 0.00000161. The Labute approximate surface area is 149 Å². The van der Waals surface area contributed by atoms with E-state index in [0.717, 1.165) is 12.1 Å². The van der Waals surface area contributed by atoms with Gasteiger partial charge in [0, 0.05) is 52.5 Å². The Morgan fingerprint density at radius 1 is 1.10 bits per heavy atom. The van der Waals surface area contributed by atoms with Crippen LogP contribution in [0, 0.1) is 41.3 Å². The minimum absolute atomic E-state index is 0. The fourth-order valence-corrected chi connectivity index (χ4v) is 1.86. The average molecular weight is 419 g/mol. The van der Waals surface area contributed by atoms with E-state index in [1.165, 1.54) is 24.4 Å². The summed E-state index contributed by atoms with van der Waals surface area (Å²) in [7, 11) is 0. The molecule has 3 aromatic rings. The van der Waals surface area contributed by atoms with E-state index in [-0.39, 0.29) is 58.3 Å². The predicted molar refractivity (Wildman–Crippen MR) is 66.1 cm³/mol. The first-order valence-corrected chi connectivity index (χ1v) is 5.64. The van der Waals surface area contributed by atoms with Crippen molar-refractivity contribution in [3.05, 3.63) is 52.4 Å². The molecule has 0 saturated heterocycles. The van der Waals surface area contributed by atoms with Crippen LogP contribution in [0.25, 0.3) is 22.4 Å². The molecular weight excluding hydrogens is 412 g/mol. The zero-order chi connectivity index (χ0) is 14.3. The van der Waals surface area contributed by atoms with Crippen molar-refractivity contribution >= 4 is 11.0 Å². The van der Waals surface area contributed by atoms with E-state index in [1.54, 1.807) is 0 Å². The van der Waals surface area contributed by atoms with Crippen LogP contribution in [0.2, 0.25) is 0 Å². The largest absolute Gasteiger partial charge is 0.442 e. The number of rotatable bonds is 1. The third kappa shape index (κ3) is 3.19. The minimum Gasteiger partial charge on any atom is -0.442 e. The molecule has 1 N–H and O–H groups in total. The molecule has 105 valence electrons. The molecule has 0 atom stereocenters. The van der Waals surface area contributed by atoms with Gasteiger partial charge in [0.25, 0.3) is 5.56 Å². The average Bonchev–Trinajstić information content (AvgIpc) is 2.86. The van der Waals surface area contributed by atoms with Crippen molar-refractivity contribution in [2.45, 2.75) is 6.18 Å². The molecule has 0 unspecified atom stereocenters. The monoisotopic (exact) mass is 419 g/mol. The summed E-state index contributed by atoms with van der Waals surface area (Å²) in [6, 6.07) is 5.93. The predicted octanol–water partition coefficient (Wildman–Crippen LogP) is 2.57. The van der Waals surface area contributed by atoms with Gasteiger partial charge in [-0.05, 0) is 23.3 Å². The molecule has 0 saturated carbocycles. The van der Waals surface area contributed by atoms with Gasteiger partial charge in [-0.2, -0.15) is 13.2 Å². The van der Waals surface area contributed by atoms with Crippen molar-refractivity contribution in [2.75, 3.05) is 0 Å². The Morgan fingerprint density at radius 3 is 2.38 bits per heavy atom. The summed E-state index contributed by atoms with van der Waals surface area (Å²) < 4.78 is 37.4. The number of hydrogen-bond acceptors (Lipinski definition) is 2. The van der Waals surface area contributed by atoms with E-state index >= 15 is 0 Å². The SMILES string of the molecule is O=c1[nH]c(-c2ccc(C(F)(F)F)cc2)nc2[n-]ccc12.[Pr]. The second kappa shape index (κ2) is 5.89. The van der Waals surface area contributed by atoms with Crippen LogP contribution >= 0.6 is 0 Å². The summed E-state index contributed by atoms with van der Waals surface area (Å²) in [5.74, 6) is 0.190. The molecule has 3 rings (SSSR count). The Bertz CT molecular complexity index is 821. The van der Waals surface area contributed by atoms with Gasteiger partial charge in [-0.1, -0.05) is 24.4 Å². The molecule has 0 spiro atoms. The molecule has 2 heterocycles. The van der Waals surface area contributed by atoms with E-state index in [2.05, 4.69) is 15.0 Å². The maximum Gasteiger partial charge on any atom is 0.416 e. The van der Waals surface area contributed by atoms with E-state index in [4.69, 9.17) is 0 Å². The third-order valence-corrected chi connectivity index (χ3v) is 2.86. The van der Waals surface area contributed by atoms with Crippen LogP contribution in [-0.2, 0) is 6.18 Å². The molecular formula is C13H7F3N3OPr-. The van der Waals surface area contributed by atoms with Crippen LogP contribution in [0.15, 0.2) is 41.3 Å². The summed E-state index contributed by atoms with van der Waals surface area (Å²) in [4.78, 5) is 22.3. The van der Waals surface area contributed by atoms with Crippen LogP contribution in [0.3, 0.4) is 0 Å². The Hall–Kier alpha value is -1.21. The van der Waals surface area contributed by atoms with Crippen molar-refractivity contribution in [3.63, 3.8) is 0 Å². The molecule has 1 aromatic carbocycles. The van der Waals surface area contributed by atoms with Crippen LogP contribution in [0.5, 0.6) is 0 Å². The number of nitrogens with zero attached hydrogens (tertiary/aromatic N) is 2. The van der Waals surface area contributed by atoms with E-state index in [0.29, 0.717) is 10.9 Å². The molecule has 4 nitrogen and oxygen atoms in total. The summed E-state index contributed by atoms with van der Waals surface area (Å²) in [6.45, 7) is 0. The number of H-pyrrole nitrogens is 1. The molecule has 2 aromatic heterocycles. The number of hydrogen-bond donors (Lipinski definition) is 1. The molecule has 0 amide bonds. The number of aromatic amines is 1. The molecule has 0 aliphatic heterocycles. The zero-order valence-corrected chi connectivity index (χ0v) is 14.2. The Kier molecular flexibility index (Phi) is 4.53. The maximum absolute atomic E-state index is 12.5. The van der Waals surface area contributed by atoms with Crippen molar-refractivity contribution in [1.82, 2.24) is 15.0 Å². The van der Waals surface area contributed by atoms with Crippen molar-refractivity contribution in [3.8, 4) is 11.4 Å². The minimum atomic E-state index is -4.39. The first-order valence-electron chi connectivity index (χ1n) is 5.64. The maximum atomic E-state index is 12.5. The smallest absolute Gasteiger partial charge is 0.416 e. The fraction of sp³-hybridized carbons (Fsp3) is 0.0769. The van der Waals surface area contributed by atoms with Crippen LogP contribution < -0.4 is 10.5 Å². The van der Waals surface area contributed by atoms with E-state index < -0.39 is 11.7 Å². The van der Waals surface area contributed by atoms with Gasteiger partial charge in [0.15, 0.2) is 0 Å². The first kappa shape index (κ1) is 16.2. The standard InChI is InChI=1S/C13H8F3N3O.Pr/c14-13(15,16)8-3-1-7(2-4-8)10-18-11-9(5-6-17-11)12(20)19-10;/h1-6H,(H2,17,18,19,20);/p-1. The van der Waals surface area contributed by atoms with Gasteiger partial charge in [-0.3, -0.25) is 4.79 Å². The van der Waals surface area contributed by atoms with Gasteiger partial charge in [0.05, 0.1) is 5.56 Å². The second-order valence-electron chi connectivity index (χ2n) is 4.17. The van der Waals surface area contributed by atoms with Gasteiger partial charge < -0.3 is 15.0 Å². The number of nitrogens with one attached hydrogen (secondary N) is 1. The quantitative estimate of drug-likeness (QED) is 0.660. The van der Waals surface area contributed by atoms with E-state index in [1.807, 2.05) is 0 Å². The topological polar surface area (TPSA) is 59.9 Å². The first-order chi connectivity index (χ1) is 9.45. The van der Waals surface area contributed by atoms with Gasteiger partial charge in [0.2, 0.25) is 0 Å². The van der Waals surface area contributed by atoms with Crippen molar-refractivity contribution < 1.29 is 54.5 Å². The summed E-state index contributed by atoms with van der Waals surface area (Å²) in [6.07, 6.45) is -2.94. The number of aromatic nitrogens is 3. The summed E-state index contributed by atoms with van der Waals surface area (Å²) in [5, 5.41) is 0.348. The van der Waals surface area contributed by atoms with Crippen LogP contribution in [0.1, 0.15) is 5.56 Å². The zero-order valence-electron chi connectivity index (χ0n) is 10.5. The molecule has 0 bridgehead atoms. The summed E-state index contributed by atoms with van der Waals surface area (Å²) in [5.41, 5.74) is -0.470. The van der Waals surface area contributed by atoms with Gasteiger partial charge >= 0.3 is 6.18 Å². The number of benzene rings is 1. The number of alkyl halides is 3. The molecule has 0 aliphatic carbocycles. The number of halogens is 3. The fourth-order valence-electron chi connectivity index (χ4n) is 1.86. The van der Waals surface area contributed by atoms with E-state index in [9.17, 15) is 18.0 Å². The molecule has 21 heavy (non-hydrogen) atoms. The Morgan fingerprint density at radius 2 is 1.76 bits per heavy atom. The summed E-state index contributed by atoms with van der Waals surface area (Å²) >= 11 is 0. The molecule has 0 aliphatic rings. The van der Waals surface area contributed by atoms with Gasteiger partial charge in [0.1, 0.15) is 0 Å². The molecule has 0 fully saturated rings. The second-order valence-corrected chi connectivity index (χ2v) is 4.17. The van der Waals surface area contributed by atoms with Gasteiger partial charge in [-0.25, -0.2) is 0 Å². The van der Waals surface area contributed by atoms with Crippen molar-refractivity contribution in [2.24, 2.45) is 0 Å². The normalized spacial score (nSPS) is 11.4. The molecule has 1 radical (unpaired) electrons. The third-order valence-electron chi connectivity index (χ3n) is 2.86. The van der Waals surface area contributed by atoms with Crippen LogP contribution in [-0.4, -0.2) is 9.97 Å². The van der Waals surface area contributed by atoms with Crippen LogP contribution in [0.4, 0.5) is 13.2 Å².